The molecule has 0 amide bonds. The summed E-state index contributed by atoms with van der Waals surface area (Å²) >= 11 is 8.88. The molecule has 0 atom stereocenters. The molecule has 0 aliphatic carbocycles. The van der Waals surface area contributed by atoms with E-state index in [1.165, 1.54) is 6.07 Å². The van der Waals surface area contributed by atoms with E-state index in [4.69, 9.17) is 17.0 Å². The molecule has 2 N–H and O–H groups in total. The van der Waals surface area contributed by atoms with E-state index in [1.54, 1.807) is 22.9 Å². The normalized spacial score (nSPS) is 10.7. The first-order valence-corrected chi connectivity index (χ1v) is 10.4. The first-order valence-electron chi connectivity index (χ1n) is 9.23. The number of nitrogens with zero attached hydrogens (tertiary/aromatic N) is 2. The van der Waals surface area contributed by atoms with Crippen molar-refractivity contribution in [2.24, 2.45) is 0 Å². The Labute approximate surface area is 186 Å². The van der Waals surface area contributed by atoms with Gasteiger partial charge in [0.1, 0.15) is 18.2 Å². The van der Waals surface area contributed by atoms with E-state index < -0.39 is 0 Å². The lowest BCUT2D eigenvalue weighted by Gasteiger charge is -2.15. The molecule has 0 aliphatic rings. The van der Waals surface area contributed by atoms with Gasteiger partial charge in [-0.15, -0.1) is 0 Å². The number of hydrogen-bond acceptors (Lipinski definition) is 4. The maximum atomic E-state index is 13.9. The molecule has 4 aromatic rings. The Balaban J connectivity index is 1.55. The lowest BCUT2D eigenvalue weighted by atomic mass is 10.2. The predicted molar refractivity (Wildman–Crippen MR) is 121 cm³/mol. The fourth-order valence-electron chi connectivity index (χ4n) is 2.99. The molecule has 0 fully saturated rings. The largest absolute Gasteiger partial charge is 0.488 e. The summed E-state index contributed by atoms with van der Waals surface area (Å²) in [6, 6.07) is 22.0. The van der Waals surface area contributed by atoms with Gasteiger partial charge in [-0.2, -0.15) is 5.10 Å². The molecule has 8 heteroatoms. The van der Waals surface area contributed by atoms with Crippen LogP contribution in [-0.2, 0) is 13.2 Å². The van der Waals surface area contributed by atoms with Crippen LogP contribution in [0.4, 0.5) is 4.39 Å². The van der Waals surface area contributed by atoms with Gasteiger partial charge < -0.3 is 10.2 Å². The zero-order valence-electron chi connectivity index (χ0n) is 15.8. The van der Waals surface area contributed by atoms with Crippen LogP contribution in [0.3, 0.4) is 0 Å². The molecule has 5 nitrogen and oxygen atoms in total. The highest BCUT2D eigenvalue weighted by Crippen LogP contribution is 2.25. The topological polar surface area (TPSA) is 54.9 Å². The van der Waals surface area contributed by atoms with Crippen molar-refractivity contribution in [1.29, 1.82) is 0 Å². The minimum Gasteiger partial charge on any atom is -0.488 e. The van der Waals surface area contributed by atoms with E-state index in [0.29, 0.717) is 28.5 Å². The third-order valence-corrected chi connectivity index (χ3v) is 5.26. The molecule has 1 aromatic heterocycles. The summed E-state index contributed by atoms with van der Waals surface area (Å²) in [6.07, 6.45) is 0. The summed E-state index contributed by atoms with van der Waals surface area (Å²) in [4.78, 5) is 0. The van der Waals surface area contributed by atoms with Crippen LogP contribution in [0, 0.1) is 10.6 Å². The Morgan fingerprint density at radius 1 is 1.03 bits per heavy atom. The van der Waals surface area contributed by atoms with E-state index in [2.05, 4.69) is 31.6 Å². The van der Waals surface area contributed by atoms with Gasteiger partial charge in [0.25, 0.3) is 0 Å². The Kier molecular flexibility index (Phi) is 6.25. The average Bonchev–Trinajstić information content (AvgIpc) is 3.13. The summed E-state index contributed by atoms with van der Waals surface area (Å²) in [7, 11) is 0. The molecule has 0 aliphatic heterocycles. The van der Waals surface area contributed by atoms with Crippen LogP contribution in [0.1, 0.15) is 11.1 Å². The molecule has 0 bridgehead atoms. The number of nitrogens with one attached hydrogen (secondary N) is 2. The summed E-state index contributed by atoms with van der Waals surface area (Å²) in [5, 5.41) is 7.15. The Morgan fingerprint density at radius 3 is 2.60 bits per heavy atom. The second kappa shape index (κ2) is 9.23. The molecular formula is C22H18BrFN4OS. The van der Waals surface area contributed by atoms with Crippen molar-refractivity contribution in [3.05, 3.63) is 99.0 Å². The maximum absolute atomic E-state index is 13.9. The quantitative estimate of drug-likeness (QED) is 0.324. The van der Waals surface area contributed by atoms with Crippen molar-refractivity contribution in [3.8, 4) is 17.1 Å². The summed E-state index contributed by atoms with van der Waals surface area (Å²) in [6.45, 7) is 0.571. The number of H-pyrrole nitrogens is 1. The van der Waals surface area contributed by atoms with Crippen molar-refractivity contribution in [1.82, 2.24) is 14.9 Å². The third kappa shape index (κ3) is 4.60. The third-order valence-electron chi connectivity index (χ3n) is 4.50. The minimum atomic E-state index is -0.286. The van der Waals surface area contributed by atoms with E-state index in [0.717, 1.165) is 15.6 Å². The molecule has 0 saturated carbocycles. The second-order valence-electron chi connectivity index (χ2n) is 6.52. The summed E-state index contributed by atoms with van der Waals surface area (Å²) < 4.78 is 22.9. The lowest BCUT2D eigenvalue weighted by molar-refractivity contribution is 0.297. The number of benzene rings is 3. The number of ether oxygens (including phenoxy) is 1. The highest BCUT2D eigenvalue weighted by molar-refractivity contribution is 9.10. The van der Waals surface area contributed by atoms with Crippen LogP contribution >= 0.6 is 28.1 Å². The van der Waals surface area contributed by atoms with Gasteiger partial charge in [-0.25, -0.2) is 14.2 Å². The fourth-order valence-corrected chi connectivity index (χ4v) is 3.59. The highest BCUT2D eigenvalue weighted by Gasteiger charge is 2.11. The minimum absolute atomic E-state index is 0.141. The van der Waals surface area contributed by atoms with Gasteiger partial charge in [0.2, 0.25) is 4.77 Å². The SMILES string of the molecule is Fc1ccccc1COc1ccc(Br)cc1CNn1c(-c2ccccc2)n[nH]c1=S. The molecule has 1 heterocycles. The van der Waals surface area contributed by atoms with Gasteiger partial charge in [0.15, 0.2) is 5.82 Å². The zero-order chi connectivity index (χ0) is 20.9. The van der Waals surface area contributed by atoms with Gasteiger partial charge in [-0.1, -0.05) is 64.5 Å². The smallest absolute Gasteiger partial charge is 0.214 e. The average molecular weight is 485 g/mol. The maximum Gasteiger partial charge on any atom is 0.214 e. The standard InChI is InChI=1S/C22H18BrFN4OS/c23-18-10-11-20(29-14-16-8-4-5-9-19(16)24)17(12-18)13-25-28-21(26-27-22(28)30)15-6-2-1-3-7-15/h1-12,25H,13-14H2,(H,27,30). The fraction of sp³-hybridized carbons (Fsp3) is 0.0909. The van der Waals surface area contributed by atoms with Gasteiger partial charge in [0, 0.05) is 21.2 Å². The van der Waals surface area contributed by atoms with E-state index in [1.807, 2.05) is 48.5 Å². The lowest BCUT2D eigenvalue weighted by Crippen LogP contribution is -2.16. The molecule has 0 spiro atoms. The zero-order valence-corrected chi connectivity index (χ0v) is 18.2. The monoisotopic (exact) mass is 484 g/mol. The van der Waals surface area contributed by atoms with Gasteiger partial charge in [-0.05, 0) is 36.5 Å². The van der Waals surface area contributed by atoms with Crippen LogP contribution < -0.4 is 10.2 Å². The van der Waals surface area contributed by atoms with Crippen LogP contribution in [-0.4, -0.2) is 14.9 Å². The number of aromatic amines is 1. The van der Waals surface area contributed by atoms with Crippen molar-refractivity contribution in [3.63, 3.8) is 0 Å². The Morgan fingerprint density at radius 2 is 1.80 bits per heavy atom. The molecular weight excluding hydrogens is 467 g/mol. The number of aromatic nitrogens is 3. The Hall–Kier alpha value is -2.97. The van der Waals surface area contributed by atoms with Crippen molar-refractivity contribution >= 4 is 28.1 Å². The second-order valence-corrected chi connectivity index (χ2v) is 7.82. The van der Waals surface area contributed by atoms with E-state index in [-0.39, 0.29) is 12.4 Å². The number of rotatable bonds is 7. The van der Waals surface area contributed by atoms with Gasteiger partial charge in [-0.3, -0.25) is 0 Å². The van der Waals surface area contributed by atoms with Crippen LogP contribution in [0.5, 0.6) is 5.75 Å². The molecule has 0 saturated heterocycles. The van der Waals surface area contributed by atoms with Gasteiger partial charge in [0.05, 0.1) is 6.54 Å². The summed E-state index contributed by atoms with van der Waals surface area (Å²) in [5.41, 5.74) is 5.62. The van der Waals surface area contributed by atoms with Crippen molar-refractivity contribution < 1.29 is 9.13 Å². The molecule has 3 aromatic carbocycles. The predicted octanol–water partition coefficient (Wildman–Crippen LogP) is 5.83. The van der Waals surface area contributed by atoms with Gasteiger partial charge >= 0.3 is 0 Å². The van der Waals surface area contributed by atoms with Crippen molar-refractivity contribution in [2.75, 3.05) is 5.43 Å². The first-order chi connectivity index (χ1) is 14.6. The molecule has 152 valence electrons. The van der Waals surface area contributed by atoms with E-state index in [9.17, 15) is 4.39 Å². The molecule has 0 unspecified atom stereocenters. The van der Waals surface area contributed by atoms with Crippen molar-refractivity contribution in [2.45, 2.75) is 13.2 Å². The van der Waals surface area contributed by atoms with Crippen LogP contribution in [0.15, 0.2) is 77.3 Å². The molecule has 30 heavy (non-hydrogen) atoms. The first kappa shape index (κ1) is 20.3. The highest BCUT2D eigenvalue weighted by atomic mass is 79.9. The molecule has 0 radical (unpaired) electrons. The molecule has 4 rings (SSSR count). The van der Waals surface area contributed by atoms with Crippen LogP contribution in [0.25, 0.3) is 11.4 Å². The van der Waals surface area contributed by atoms with Crippen LogP contribution in [0.2, 0.25) is 0 Å². The van der Waals surface area contributed by atoms with E-state index >= 15 is 0 Å². The summed E-state index contributed by atoms with van der Waals surface area (Å²) in [5.74, 6) is 1.06. The Bertz CT molecular complexity index is 1210. The number of hydrogen-bond donors (Lipinski definition) is 2. The number of halogens is 2.